The maximum absolute atomic E-state index is 12.6. The SMILES string of the molecule is CCCC(C)C1C(C#N)=C(N)OC2=C1C(=O)CC(C)(C)C2. The van der Waals surface area contributed by atoms with Gasteiger partial charge in [-0.1, -0.05) is 40.5 Å². The first kappa shape index (κ1) is 15.6. The summed E-state index contributed by atoms with van der Waals surface area (Å²) in [7, 11) is 0. The number of Topliss-reactive ketones (excluding diaryl/α,β-unsaturated/α-hetero) is 1. The molecule has 2 N–H and O–H groups in total. The van der Waals surface area contributed by atoms with Crippen LogP contribution in [-0.2, 0) is 9.53 Å². The molecule has 0 fully saturated rings. The van der Waals surface area contributed by atoms with Crippen LogP contribution in [0.4, 0.5) is 0 Å². The van der Waals surface area contributed by atoms with Crippen LogP contribution in [0.2, 0.25) is 0 Å². The zero-order chi connectivity index (χ0) is 15.8. The second-order valence-corrected chi connectivity index (χ2v) is 7.01. The molecule has 114 valence electrons. The highest BCUT2D eigenvalue weighted by Crippen LogP contribution is 2.46. The molecule has 0 aromatic rings. The van der Waals surface area contributed by atoms with Gasteiger partial charge in [0.1, 0.15) is 11.8 Å². The number of ether oxygens (including phenoxy) is 1. The fourth-order valence-electron chi connectivity index (χ4n) is 3.52. The Bertz CT molecular complexity index is 564. The number of hydrogen-bond acceptors (Lipinski definition) is 4. The highest BCUT2D eigenvalue weighted by atomic mass is 16.5. The average Bonchev–Trinajstić information content (AvgIpc) is 2.35. The van der Waals surface area contributed by atoms with E-state index in [1.165, 1.54) is 0 Å². The van der Waals surface area contributed by atoms with Gasteiger partial charge in [0, 0.05) is 24.3 Å². The molecule has 0 saturated heterocycles. The standard InChI is InChI=1S/C17H24N2O2/c1-5-6-10(2)14-11(9-18)16(19)21-13-8-17(3,4)7-12(20)15(13)14/h10,14H,5-8,19H2,1-4H3. The molecule has 2 rings (SSSR count). The third kappa shape index (κ3) is 2.83. The van der Waals surface area contributed by atoms with Gasteiger partial charge in [0.2, 0.25) is 5.88 Å². The van der Waals surface area contributed by atoms with E-state index in [1.54, 1.807) is 0 Å². The van der Waals surface area contributed by atoms with E-state index in [4.69, 9.17) is 10.5 Å². The maximum Gasteiger partial charge on any atom is 0.204 e. The summed E-state index contributed by atoms with van der Waals surface area (Å²) in [5.74, 6) is 0.967. The fourth-order valence-corrected chi connectivity index (χ4v) is 3.52. The number of ketones is 1. The molecule has 4 nitrogen and oxygen atoms in total. The Hall–Kier alpha value is -1.76. The van der Waals surface area contributed by atoms with Crippen LogP contribution in [0.1, 0.15) is 53.4 Å². The van der Waals surface area contributed by atoms with Crippen LogP contribution in [-0.4, -0.2) is 5.78 Å². The minimum absolute atomic E-state index is 0.106. The highest BCUT2D eigenvalue weighted by Gasteiger charge is 2.43. The Kier molecular flexibility index (Phi) is 4.13. The van der Waals surface area contributed by atoms with Crippen molar-refractivity contribution in [1.82, 2.24) is 0 Å². The lowest BCUT2D eigenvalue weighted by Gasteiger charge is -2.38. The van der Waals surface area contributed by atoms with Crippen LogP contribution in [0.3, 0.4) is 0 Å². The molecule has 1 aliphatic heterocycles. The topological polar surface area (TPSA) is 76.1 Å². The molecule has 0 aromatic carbocycles. The summed E-state index contributed by atoms with van der Waals surface area (Å²) >= 11 is 0. The van der Waals surface area contributed by atoms with E-state index in [0.717, 1.165) is 12.8 Å². The second kappa shape index (κ2) is 5.55. The molecule has 4 heteroatoms. The van der Waals surface area contributed by atoms with Crippen LogP contribution in [0.25, 0.3) is 0 Å². The van der Waals surface area contributed by atoms with E-state index >= 15 is 0 Å². The van der Waals surface area contributed by atoms with Crippen LogP contribution < -0.4 is 5.73 Å². The Morgan fingerprint density at radius 3 is 2.71 bits per heavy atom. The van der Waals surface area contributed by atoms with Gasteiger partial charge in [-0.2, -0.15) is 5.26 Å². The fraction of sp³-hybridized carbons (Fsp3) is 0.647. The molecule has 1 aliphatic carbocycles. The molecule has 0 amide bonds. The molecule has 2 unspecified atom stereocenters. The van der Waals surface area contributed by atoms with Gasteiger partial charge in [0.05, 0.1) is 5.57 Å². The number of hydrogen-bond donors (Lipinski definition) is 1. The normalized spacial score (nSPS) is 26.0. The van der Waals surface area contributed by atoms with Crippen molar-refractivity contribution in [2.24, 2.45) is 23.0 Å². The quantitative estimate of drug-likeness (QED) is 0.863. The molecule has 0 bridgehead atoms. The zero-order valence-corrected chi connectivity index (χ0v) is 13.3. The van der Waals surface area contributed by atoms with E-state index in [9.17, 15) is 10.1 Å². The van der Waals surface area contributed by atoms with Crippen LogP contribution in [0.15, 0.2) is 22.8 Å². The van der Waals surface area contributed by atoms with Gasteiger partial charge in [-0.3, -0.25) is 4.79 Å². The summed E-state index contributed by atoms with van der Waals surface area (Å²) in [6.07, 6.45) is 3.17. The van der Waals surface area contributed by atoms with Crippen molar-refractivity contribution < 1.29 is 9.53 Å². The van der Waals surface area contributed by atoms with Crippen molar-refractivity contribution in [2.45, 2.75) is 53.4 Å². The minimum Gasteiger partial charge on any atom is -0.444 e. The van der Waals surface area contributed by atoms with E-state index in [0.29, 0.717) is 29.7 Å². The van der Waals surface area contributed by atoms with Gasteiger partial charge in [-0.25, -0.2) is 0 Å². The second-order valence-electron chi connectivity index (χ2n) is 7.01. The van der Waals surface area contributed by atoms with Crippen molar-refractivity contribution in [3.8, 4) is 6.07 Å². The molecule has 2 atom stereocenters. The predicted octanol–water partition coefficient (Wildman–Crippen LogP) is 3.41. The molecule has 1 heterocycles. The van der Waals surface area contributed by atoms with Crippen molar-refractivity contribution in [2.75, 3.05) is 0 Å². The third-order valence-electron chi connectivity index (χ3n) is 4.43. The molecular formula is C17H24N2O2. The Morgan fingerprint density at radius 1 is 1.48 bits per heavy atom. The Balaban J connectivity index is 2.50. The summed E-state index contributed by atoms with van der Waals surface area (Å²) in [5.41, 5.74) is 6.95. The molecule has 2 aliphatic rings. The Morgan fingerprint density at radius 2 is 2.14 bits per heavy atom. The van der Waals surface area contributed by atoms with E-state index < -0.39 is 0 Å². The third-order valence-corrected chi connectivity index (χ3v) is 4.43. The maximum atomic E-state index is 12.6. The van der Waals surface area contributed by atoms with Crippen LogP contribution in [0.5, 0.6) is 0 Å². The summed E-state index contributed by atoms with van der Waals surface area (Å²) in [4.78, 5) is 12.6. The average molecular weight is 288 g/mol. The van der Waals surface area contributed by atoms with Crippen molar-refractivity contribution in [3.05, 3.63) is 22.8 Å². The Labute approximate surface area is 126 Å². The largest absolute Gasteiger partial charge is 0.444 e. The summed E-state index contributed by atoms with van der Waals surface area (Å²) in [5, 5.41) is 9.43. The summed E-state index contributed by atoms with van der Waals surface area (Å²) < 4.78 is 5.65. The van der Waals surface area contributed by atoms with Gasteiger partial charge in [0.15, 0.2) is 5.78 Å². The monoisotopic (exact) mass is 288 g/mol. The molecule has 0 radical (unpaired) electrons. The number of nitrogens with zero attached hydrogens (tertiary/aromatic N) is 1. The van der Waals surface area contributed by atoms with Crippen molar-refractivity contribution in [1.29, 1.82) is 5.26 Å². The summed E-state index contributed by atoms with van der Waals surface area (Å²) in [6.45, 7) is 8.31. The zero-order valence-electron chi connectivity index (χ0n) is 13.3. The molecular weight excluding hydrogens is 264 g/mol. The van der Waals surface area contributed by atoms with E-state index in [2.05, 4.69) is 33.8 Å². The predicted molar refractivity (Wildman–Crippen MR) is 80.5 cm³/mol. The number of nitriles is 1. The summed E-state index contributed by atoms with van der Waals surface area (Å²) in [6, 6.07) is 2.16. The van der Waals surface area contributed by atoms with Crippen molar-refractivity contribution >= 4 is 5.78 Å². The smallest absolute Gasteiger partial charge is 0.204 e. The molecule has 0 saturated carbocycles. The van der Waals surface area contributed by atoms with Gasteiger partial charge in [-0.05, 0) is 11.3 Å². The first-order valence-electron chi connectivity index (χ1n) is 7.64. The van der Waals surface area contributed by atoms with Crippen LogP contribution >= 0.6 is 0 Å². The first-order chi connectivity index (χ1) is 9.80. The van der Waals surface area contributed by atoms with Gasteiger partial charge >= 0.3 is 0 Å². The van der Waals surface area contributed by atoms with Gasteiger partial charge in [0.25, 0.3) is 0 Å². The number of carbonyl (C=O) groups is 1. The van der Waals surface area contributed by atoms with Gasteiger partial charge < -0.3 is 10.5 Å². The number of rotatable bonds is 3. The first-order valence-corrected chi connectivity index (χ1v) is 7.64. The number of nitrogens with two attached hydrogens (primary N) is 1. The lowest BCUT2D eigenvalue weighted by atomic mass is 9.68. The molecule has 0 spiro atoms. The molecule has 0 aromatic heterocycles. The van der Waals surface area contributed by atoms with Gasteiger partial charge in [-0.15, -0.1) is 0 Å². The highest BCUT2D eigenvalue weighted by molar-refractivity contribution is 5.98. The van der Waals surface area contributed by atoms with E-state index in [-0.39, 0.29) is 28.9 Å². The van der Waals surface area contributed by atoms with E-state index in [1.807, 2.05) is 0 Å². The number of carbonyl (C=O) groups excluding carboxylic acids is 1. The molecule has 21 heavy (non-hydrogen) atoms. The lowest BCUT2D eigenvalue weighted by Crippen LogP contribution is -2.36. The van der Waals surface area contributed by atoms with Crippen LogP contribution in [0, 0.1) is 28.6 Å². The lowest BCUT2D eigenvalue weighted by molar-refractivity contribution is -0.119. The van der Waals surface area contributed by atoms with Crippen molar-refractivity contribution in [3.63, 3.8) is 0 Å². The number of allylic oxidation sites excluding steroid dienone is 3. The minimum atomic E-state index is -0.206.